The smallest absolute Gasteiger partial charge is 0.246 e. The topological polar surface area (TPSA) is 49.3 Å². The highest BCUT2D eigenvalue weighted by Crippen LogP contribution is 2.18. The Morgan fingerprint density at radius 2 is 2.35 bits per heavy atom. The lowest BCUT2D eigenvalue weighted by Crippen LogP contribution is -2.35. The summed E-state index contributed by atoms with van der Waals surface area (Å²) in [5.74, 6) is 0.680. The molecule has 5 nitrogen and oxygen atoms in total. The zero-order chi connectivity index (χ0) is 12.4. The minimum atomic E-state index is -0.0349. The molecule has 0 radical (unpaired) electrons. The SMILES string of the molecule is C=CC(=O)N1CCc2nc(N(C)C)ncc2C1. The van der Waals surface area contributed by atoms with Crippen LogP contribution < -0.4 is 4.90 Å². The van der Waals surface area contributed by atoms with Crippen molar-refractivity contribution in [3.8, 4) is 0 Å². The molecule has 0 aliphatic carbocycles. The van der Waals surface area contributed by atoms with Gasteiger partial charge >= 0.3 is 0 Å². The molecule has 2 heterocycles. The molecule has 1 aromatic rings. The van der Waals surface area contributed by atoms with Crippen molar-refractivity contribution in [3.05, 3.63) is 30.1 Å². The van der Waals surface area contributed by atoms with Gasteiger partial charge in [0.25, 0.3) is 0 Å². The highest BCUT2D eigenvalue weighted by Gasteiger charge is 2.20. The Balaban J connectivity index is 2.23. The second kappa shape index (κ2) is 4.53. The van der Waals surface area contributed by atoms with E-state index in [0.29, 0.717) is 19.0 Å². The summed E-state index contributed by atoms with van der Waals surface area (Å²) in [5, 5.41) is 0. The number of nitrogens with zero attached hydrogens (tertiary/aromatic N) is 4. The molecule has 90 valence electrons. The van der Waals surface area contributed by atoms with Crippen molar-refractivity contribution in [2.45, 2.75) is 13.0 Å². The van der Waals surface area contributed by atoms with Crippen molar-refractivity contribution in [2.75, 3.05) is 25.5 Å². The van der Waals surface area contributed by atoms with Crippen molar-refractivity contribution in [1.82, 2.24) is 14.9 Å². The molecule has 2 rings (SSSR count). The van der Waals surface area contributed by atoms with Crippen LogP contribution in [-0.4, -0.2) is 41.4 Å². The Morgan fingerprint density at radius 3 is 3.00 bits per heavy atom. The Bertz CT molecular complexity index is 456. The second-order valence-electron chi connectivity index (χ2n) is 4.25. The predicted molar refractivity (Wildman–Crippen MR) is 65.7 cm³/mol. The molecule has 17 heavy (non-hydrogen) atoms. The largest absolute Gasteiger partial charge is 0.347 e. The fourth-order valence-electron chi connectivity index (χ4n) is 1.84. The first-order valence-corrected chi connectivity index (χ1v) is 5.55. The van der Waals surface area contributed by atoms with Crippen molar-refractivity contribution < 1.29 is 4.79 Å². The van der Waals surface area contributed by atoms with E-state index >= 15 is 0 Å². The molecule has 0 atom stereocenters. The Hall–Kier alpha value is -1.91. The van der Waals surface area contributed by atoms with Crippen LogP contribution in [0, 0.1) is 0 Å². The van der Waals surface area contributed by atoms with Crippen LogP contribution >= 0.6 is 0 Å². The van der Waals surface area contributed by atoms with Crippen molar-refractivity contribution in [1.29, 1.82) is 0 Å². The van der Waals surface area contributed by atoms with E-state index in [1.807, 2.05) is 19.0 Å². The van der Waals surface area contributed by atoms with E-state index in [-0.39, 0.29) is 5.91 Å². The first kappa shape index (κ1) is 11.6. The van der Waals surface area contributed by atoms with Gasteiger partial charge in [0.05, 0.1) is 5.69 Å². The van der Waals surface area contributed by atoms with Crippen molar-refractivity contribution in [3.63, 3.8) is 0 Å². The summed E-state index contributed by atoms with van der Waals surface area (Å²) >= 11 is 0. The van der Waals surface area contributed by atoms with E-state index in [2.05, 4.69) is 16.5 Å². The molecule has 0 saturated heterocycles. The number of fused-ring (bicyclic) bond motifs is 1. The third kappa shape index (κ3) is 2.27. The van der Waals surface area contributed by atoms with Gasteiger partial charge in [0.1, 0.15) is 0 Å². The van der Waals surface area contributed by atoms with Crippen LogP contribution in [0.1, 0.15) is 11.3 Å². The summed E-state index contributed by atoms with van der Waals surface area (Å²) in [6.45, 7) is 4.77. The standard InChI is InChI=1S/C12H16N4O/c1-4-11(17)16-6-5-10-9(8-16)7-13-12(14-10)15(2)3/h4,7H,1,5-6,8H2,2-3H3. The van der Waals surface area contributed by atoms with E-state index in [1.165, 1.54) is 6.08 Å². The fourth-order valence-corrected chi connectivity index (χ4v) is 1.84. The highest BCUT2D eigenvalue weighted by molar-refractivity contribution is 5.87. The average Bonchev–Trinajstić information content (AvgIpc) is 2.36. The van der Waals surface area contributed by atoms with Crippen LogP contribution in [0.15, 0.2) is 18.9 Å². The zero-order valence-corrected chi connectivity index (χ0v) is 10.2. The minimum Gasteiger partial charge on any atom is -0.347 e. The maximum Gasteiger partial charge on any atom is 0.246 e. The number of rotatable bonds is 2. The molecule has 0 unspecified atom stereocenters. The van der Waals surface area contributed by atoms with Gasteiger partial charge in [-0.15, -0.1) is 0 Å². The number of hydrogen-bond acceptors (Lipinski definition) is 4. The van der Waals surface area contributed by atoms with Gasteiger partial charge in [0.2, 0.25) is 11.9 Å². The van der Waals surface area contributed by atoms with Crippen LogP contribution in [0.5, 0.6) is 0 Å². The molecule has 1 aliphatic heterocycles. The molecule has 5 heteroatoms. The van der Waals surface area contributed by atoms with Gasteiger partial charge in [-0.05, 0) is 6.08 Å². The van der Waals surface area contributed by atoms with Crippen molar-refractivity contribution in [2.24, 2.45) is 0 Å². The molecule has 0 saturated carbocycles. The Kier molecular flexibility index (Phi) is 3.08. The van der Waals surface area contributed by atoms with Gasteiger partial charge in [-0.2, -0.15) is 0 Å². The average molecular weight is 232 g/mol. The summed E-state index contributed by atoms with van der Waals surface area (Å²) in [5.41, 5.74) is 2.06. The molecular formula is C12H16N4O. The van der Waals surface area contributed by atoms with E-state index in [0.717, 1.165) is 17.7 Å². The number of amides is 1. The summed E-state index contributed by atoms with van der Waals surface area (Å²) in [7, 11) is 3.83. The van der Waals surface area contributed by atoms with E-state index in [4.69, 9.17) is 0 Å². The maximum absolute atomic E-state index is 11.5. The van der Waals surface area contributed by atoms with Gasteiger partial charge in [-0.25, -0.2) is 9.97 Å². The molecule has 1 amide bonds. The molecule has 1 aromatic heterocycles. The number of anilines is 1. The van der Waals surface area contributed by atoms with E-state index in [1.54, 1.807) is 11.1 Å². The summed E-state index contributed by atoms with van der Waals surface area (Å²) in [4.78, 5) is 23.9. The van der Waals surface area contributed by atoms with Crippen LogP contribution in [-0.2, 0) is 17.8 Å². The second-order valence-corrected chi connectivity index (χ2v) is 4.25. The molecule has 0 spiro atoms. The van der Waals surface area contributed by atoms with Crippen LogP contribution in [0.4, 0.5) is 5.95 Å². The van der Waals surface area contributed by atoms with Gasteiger partial charge < -0.3 is 9.80 Å². The monoisotopic (exact) mass is 232 g/mol. The summed E-state index contributed by atoms with van der Waals surface area (Å²) in [6, 6.07) is 0. The van der Waals surface area contributed by atoms with Crippen LogP contribution in [0.2, 0.25) is 0 Å². The lowest BCUT2D eigenvalue weighted by atomic mass is 10.1. The predicted octanol–water partition coefficient (Wildman–Crippen LogP) is 0.613. The third-order valence-corrected chi connectivity index (χ3v) is 2.81. The first-order valence-electron chi connectivity index (χ1n) is 5.55. The number of hydrogen-bond donors (Lipinski definition) is 0. The normalized spacial score (nSPS) is 14.1. The summed E-state index contributed by atoms with van der Waals surface area (Å²) in [6.07, 6.45) is 3.93. The molecule has 1 aliphatic rings. The third-order valence-electron chi connectivity index (χ3n) is 2.81. The number of aromatic nitrogens is 2. The zero-order valence-electron chi connectivity index (χ0n) is 10.2. The molecule has 0 bridgehead atoms. The molecule has 0 N–H and O–H groups in total. The highest BCUT2D eigenvalue weighted by atomic mass is 16.2. The molecular weight excluding hydrogens is 216 g/mol. The first-order chi connectivity index (χ1) is 8.11. The van der Waals surface area contributed by atoms with Gasteiger partial charge in [0.15, 0.2) is 0 Å². The van der Waals surface area contributed by atoms with Crippen LogP contribution in [0.3, 0.4) is 0 Å². The van der Waals surface area contributed by atoms with E-state index < -0.39 is 0 Å². The molecule has 0 fully saturated rings. The number of carbonyl (C=O) groups is 1. The fraction of sp³-hybridized carbons (Fsp3) is 0.417. The minimum absolute atomic E-state index is 0.0349. The lowest BCUT2D eigenvalue weighted by Gasteiger charge is -2.27. The Morgan fingerprint density at radius 1 is 1.59 bits per heavy atom. The van der Waals surface area contributed by atoms with Gasteiger partial charge in [-0.3, -0.25) is 4.79 Å². The van der Waals surface area contributed by atoms with Gasteiger partial charge in [-0.1, -0.05) is 6.58 Å². The molecule has 0 aromatic carbocycles. The number of carbonyl (C=O) groups excluding carboxylic acids is 1. The lowest BCUT2D eigenvalue weighted by molar-refractivity contribution is -0.126. The van der Waals surface area contributed by atoms with Crippen molar-refractivity contribution >= 4 is 11.9 Å². The quantitative estimate of drug-likeness (QED) is 0.701. The van der Waals surface area contributed by atoms with Crippen LogP contribution in [0.25, 0.3) is 0 Å². The van der Waals surface area contributed by atoms with E-state index in [9.17, 15) is 4.79 Å². The maximum atomic E-state index is 11.5. The Labute approximate surface area is 101 Å². The summed E-state index contributed by atoms with van der Waals surface area (Å²) < 4.78 is 0. The van der Waals surface area contributed by atoms with Gasteiger partial charge in [0, 0.05) is 45.4 Å².